The Morgan fingerprint density at radius 3 is 2.71 bits per heavy atom. The lowest BCUT2D eigenvalue weighted by Crippen LogP contribution is -2.26. The number of hydrogen-bond donors (Lipinski definition) is 2. The second-order valence-corrected chi connectivity index (χ2v) is 3.73. The standard InChI is InChI=1S/C11H19NO2/c1-8(4-5-13)12-7-11-6-9(2)14-10(11)3/h6,8,12-13H,4-5,7H2,1-3H3. The molecule has 1 aromatic rings. The molecule has 0 aliphatic rings. The van der Waals surface area contributed by atoms with Crippen molar-refractivity contribution in [2.24, 2.45) is 0 Å². The molecule has 0 spiro atoms. The SMILES string of the molecule is Cc1cc(CNC(C)CCO)c(C)o1. The van der Waals surface area contributed by atoms with Crippen LogP contribution in [-0.2, 0) is 6.54 Å². The molecule has 1 atom stereocenters. The van der Waals surface area contributed by atoms with E-state index in [0.717, 1.165) is 24.5 Å². The van der Waals surface area contributed by atoms with E-state index in [9.17, 15) is 0 Å². The third-order valence-electron chi connectivity index (χ3n) is 2.35. The molecule has 0 bridgehead atoms. The average Bonchev–Trinajstić information content (AvgIpc) is 2.42. The maximum Gasteiger partial charge on any atom is 0.105 e. The molecule has 2 N–H and O–H groups in total. The molecule has 0 radical (unpaired) electrons. The summed E-state index contributed by atoms with van der Waals surface area (Å²) in [6.07, 6.45) is 0.788. The van der Waals surface area contributed by atoms with Crippen molar-refractivity contribution in [2.75, 3.05) is 6.61 Å². The van der Waals surface area contributed by atoms with Crippen LogP contribution in [-0.4, -0.2) is 17.8 Å². The molecule has 3 heteroatoms. The molecule has 0 aliphatic carbocycles. The predicted octanol–water partition coefficient (Wildman–Crippen LogP) is 1.76. The Hall–Kier alpha value is -0.800. The number of aliphatic hydroxyl groups is 1. The summed E-state index contributed by atoms with van der Waals surface area (Å²) in [5.41, 5.74) is 1.20. The smallest absolute Gasteiger partial charge is 0.105 e. The van der Waals surface area contributed by atoms with Gasteiger partial charge < -0.3 is 14.8 Å². The molecule has 0 aromatic carbocycles. The lowest BCUT2D eigenvalue weighted by Gasteiger charge is -2.11. The Kier molecular flexibility index (Phi) is 4.17. The highest BCUT2D eigenvalue weighted by atomic mass is 16.3. The largest absolute Gasteiger partial charge is 0.466 e. The minimum atomic E-state index is 0.234. The summed E-state index contributed by atoms with van der Waals surface area (Å²) in [6, 6.07) is 2.39. The van der Waals surface area contributed by atoms with Crippen LogP contribution in [0.25, 0.3) is 0 Å². The van der Waals surface area contributed by atoms with Gasteiger partial charge in [-0.25, -0.2) is 0 Å². The maximum absolute atomic E-state index is 8.73. The van der Waals surface area contributed by atoms with Crippen LogP contribution < -0.4 is 5.32 Å². The molecule has 0 saturated carbocycles. The summed E-state index contributed by atoms with van der Waals surface area (Å²) < 4.78 is 5.42. The van der Waals surface area contributed by atoms with Gasteiger partial charge in [0, 0.05) is 24.8 Å². The maximum atomic E-state index is 8.73. The fourth-order valence-electron chi connectivity index (χ4n) is 1.44. The number of furan rings is 1. The fourth-order valence-corrected chi connectivity index (χ4v) is 1.44. The Bertz CT molecular complexity index is 281. The van der Waals surface area contributed by atoms with Crippen molar-refractivity contribution in [3.63, 3.8) is 0 Å². The Balaban J connectivity index is 2.41. The fraction of sp³-hybridized carbons (Fsp3) is 0.636. The van der Waals surface area contributed by atoms with E-state index in [2.05, 4.69) is 12.2 Å². The van der Waals surface area contributed by atoms with E-state index >= 15 is 0 Å². The van der Waals surface area contributed by atoms with Gasteiger partial charge in [-0.2, -0.15) is 0 Å². The second-order valence-electron chi connectivity index (χ2n) is 3.73. The van der Waals surface area contributed by atoms with Gasteiger partial charge in [-0.1, -0.05) is 0 Å². The number of hydrogen-bond acceptors (Lipinski definition) is 3. The highest BCUT2D eigenvalue weighted by molar-refractivity contribution is 5.19. The van der Waals surface area contributed by atoms with Crippen LogP contribution in [0.15, 0.2) is 10.5 Å². The van der Waals surface area contributed by atoms with Crippen LogP contribution in [0.5, 0.6) is 0 Å². The van der Waals surface area contributed by atoms with Gasteiger partial charge in [0.15, 0.2) is 0 Å². The quantitative estimate of drug-likeness (QED) is 0.756. The normalized spacial score (nSPS) is 13.1. The van der Waals surface area contributed by atoms with Crippen LogP contribution in [0.2, 0.25) is 0 Å². The molecule has 1 unspecified atom stereocenters. The third kappa shape index (κ3) is 3.16. The van der Waals surface area contributed by atoms with Crippen molar-refractivity contribution in [1.29, 1.82) is 0 Å². The zero-order valence-corrected chi connectivity index (χ0v) is 9.13. The molecule has 3 nitrogen and oxygen atoms in total. The number of aliphatic hydroxyl groups excluding tert-OH is 1. The van der Waals surface area contributed by atoms with Gasteiger partial charge in [0.05, 0.1) is 0 Å². The van der Waals surface area contributed by atoms with Crippen LogP contribution >= 0.6 is 0 Å². The highest BCUT2D eigenvalue weighted by Gasteiger charge is 2.06. The van der Waals surface area contributed by atoms with Gasteiger partial charge in [0.25, 0.3) is 0 Å². The average molecular weight is 197 g/mol. The first-order valence-electron chi connectivity index (χ1n) is 5.03. The van der Waals surface area contributed by atoms with E-state index in [-0.39, 0.29) is 6.61 Å². The summed E-state index contributed by atoms with van der Waals surface area (Å²) in [6.45, 7) is 7.04. The van der Waals surface area contributed by atoms with Gasteiger partial charge in [-0.3, -0.25) is 0 Å². The van der Waals surface area contributed by atoms with Crippen molar-refractivity contribution < 1.29 is 9.52 Å². The number of aryl methyl sites for hydroxylation is 2. The van der Waals surface area contributed by atoms with Crippen LogP contribution in [0, 0.1) is 13.8 Å². The Morgan fingerprint density at radius 2 is 2.21 bits per heavy atom. The molecule has 1 heterocycles. The molecule has 1 aromatic heterocycles. The van der Waals surface area contributed by atoms with Crippen molar-refractivity contribution in [3.05, 3.63) is 23.2 Å². The monoisotopic (exact) mass is 197 g/mol. The van der Waals surface area contributed by atoms with E-state index in [1.165, 1.54) is 5.56 Å². The van der Waals surface area contributed by atoms with Gasteiger partial charge in [-0.15, -0.1) is 0 Å². The van der Waals surface area contributed by atoms with Crippen molar-refractivity contribution in [3.8, 4) is 0 Å². The highest BCUT2D eigenvalue weighted by Crippen LogP contribution is 2.13. The molecule has 0 fully saturated rings. The Labute approximate surface area is 85.1 Å². The van der Waals surface area contributed by atoms with E-state index in [0.29, 0.717) is 6.04 Å². The van der Waals surface area contributed by atoms with Crippen molar-refractivity contribution >= 4 is 0 Å². The summed E-state index contributed by atoms with van der Waals surface area (Å²) in [5.74, 6) is 1.93. The number of nitrogens with one attached hydrogen (secondary N) is 1. The molecular formula is C11H19NO2. The molecule has 0 saturated heterocycles. The predicted molar refractivity (Wildman–Crippen MR) is 56.2 cm³/mol. The van der Waals surface area contributed by atoms with Crippen LogP contribution in [0.3, 0.4) is 0 Å². The zero-order valence-electron chi connectivity index (χ0n) is 9.13. The molecule has 0 aliphatic heterocycles. The first kappa shape index (κ1) is 11.3. The molecule has 80 valence electrons. The van der Waals surface area contributed by atoms with Crippen molar-refractivity contribution in [2.45, 2.75) is 39.8 Å². The molecule has 14 heavy (non-hydrogen) atoms. The van der Waals surface area contributed by atoms with E-state index in [4.69, 9.17) is 9.52 Å². The summed E-state index contributed by atoms with van der Waals surface area (Å²) in [7, 11) is 0. The van der Waals surface area contributed by atoms with Gasteiger partial charge in [0.2, 0.25) is 0 Å². The first-order valence-corrected chi connectivity index (χ1v) is 5.03. The Morgan fingerprint density at radius 1 is 1.50 bits per heavy atom. The minimum Gasteiger partial charge on any atom is -0.466 e. The first-order chi connectivity index (χ1) is 6.63. The molecule has 0 amide bonds. The molecule has 1 rings (SSSR count). The number of rotatable bonds is 5. The lowest BCUT2D eigenvalue weighted by molar-refractivity contribution is 0.268. The minimum absolute atomic E-state index is 0.234. The van der Waals surface area contributed by atoms with E-state index in [1.54, 1.807) is 0 Å². The summed E-state index contributed by atoms with van der Waals surface area (Å²) in [4.78, 5) is 0. The second kappa shape index (κ2) is 5.17. The van der Waals surface area contributed by atoms with Gasteiger partial charge >= 0.3 is 0 Å². The van der Waals surface area contributed by atoms with Gasteiger partial charge in [0.1, 0.15) is 11.5 Å². The zero-order chi connectivity index (χ0) is 10.6. The lowest BCUT2D eigenvalue weighted by atomic mass is 10.2. The van der Waals surface area contributed by atoms with Crippen LogP contribution in [0.1, 0.15) is 30.4 Å². The molecular weight excluding hydrogens is 178 g/mol. The van der Waals surface area contributed by atoms with E-state index in [1.807, 2.05) is 19.9 Å². The third-order valence-corrected chi connectivity index (χ3v) is 2.35. The summed E-state index contributed by atoms with van der Waals surface area (Å²) in [5, 5.41) is 12.1. The van der Waals surface area contributed by atoms with Crippen molar-refractivity contribution in [1.82, 2.24) is 5.32 Å². The van der Waals surface area contributed by atoms with E-state index < -0.39 is 0 Å². The van der Waals surface area contributed by atoms with Crippen LogP contribution in [0.4, 0.5) is 0 Å². The van der Waals surface area contributed by atoms with Gasteiger partial charge in [-0.05, 0) is 33.3 Å². The summed E-state index contributed by atoms with van der Waals surface area (Å²) >= 11 is 0. The topological polar surface area (TPSA) is 45.4 Å².